The van der Waals surface area contributed by atoms with Gasteiger partial charge in [-0.25, -0.2) is 0 Å². The fraction of sp³-hybridized carbons (Fsp3) is 0.273. The molecule has 0 aliphatic rings. The van der Waals surface area contributed by atoms with Crippen molar-refractivity contribution in [3.63, 3.8) is 0 Å². The van der Waals surface area contributed by atoms with E-state index < -0.39 is 0 Å². The maximum Gasteiger partial charge on any atom is 0.0426 e. The van der Waals surface area contributed by atoms with Gasteiger partial charge in [-0.3, -0.25) is 0 Å². The van der Waals surface area contributed by atoms with E-state index in [-0.39, 0.29) is 6.04 Å². The molecule has 0 saturated heterocycles. The van der Waals surface area contributed by atoms with Crippen LogP contribution in [0.2, 0.25) is 5.02 Å². The summed E-state index contributed by atoms with van der Waals surface area (Å²) in [5.74, 6) is 0. The van der Waals surface area contributed by atoms with Crippen LogP contribution in [-0.2, 0) is 0 Å². The van der Waals surface area contributed by atoms with Crippen LogP contribution >= 0.6 is 11.6 Å². The van der Waals surface area contributed by atoms with Gasteiger partial charge in [0.2, 0.25) is 0 Å². The number of rotatable bonds is 3. The Morgan fingerprint density at radius 1 is 1.54 bits per heavy atom. The van der Waals surface area contributed by atoms with Crippen molar-refractivity contribution in [3.05, 3.63) is 41.4 Å². The highest BCUT2D eigenvalue weighted by Crippen LogP contribution is 2.20. The zero-order valence-corrected chi connectivity index (χ0v) is 8.73. The maximum absolute atomic E-state index is 5.88. The van der Waals surface area contributed by atoms with Gasteiger partial charge in [0, 0.05) is 16.8 Å². The van der Waals surface area contributed by atoms with Crippen LogP contribution in [0.3, 0.4) is 0 Å². The number of benzene rings is 1. The first-order valence-corrected chi connectivity index (χ1v) is 4.66. The van der Waals surface area contributed by atoms with E-state index in [1.165, 1.54) is 5.56 Å². The van der Waals surface area contributed by atoms with Gasteiger partial charge >= 0.3 is 0 Å². The topological polar surface area (TPSA) is 12.0 Å². The lowest BCUT2D eigenvalue weighted by Crippen LogP contribution is -2.11. The van der Waals surface area contributed by atoms with Crippen molar-refractivity contribution >= 4 is 17.3 Å². The number of anilines is 1. The summed E-state index contributed by atoms with van der Waals surface area (Å²) in [6.45, 7) is 7.81. The van der Waals surface area contributed by atoms with Crippen LogP contribution in [0.4, 0.5) is 5.69 Å². The zero-order valence-electron chi connectivity index (χ0n) is 7.97. The minimum atomic E-state index is 0.261. The fourth-order valence-corrected chi connectivity index (χ4v) is 1.23. The Kier molecular flexibility index (Phi) is 3.38. The summed E-state index contributed by atoms with van der Waals surface area (Å²) in [5.41, 5.74) is 2.26. The Hall–Kier alpha value is -0.950. The van der Waals surface area contributed by atoms with Crippen molar-refractivity contribution in [2.75, 3.05) is 5.32 Å². The molecule has 1 N–H and O–H groups in total. The Labute approximate surface area is 84.4 Å². The molecule has 0 radical (unpaired) electrons. The first-order valence-electron chi connectivity index (χ1n) is 4.28. The van der Waals surface area contributed by atoms with Gasteiger partial charge in [0.1, 0.15) is 0 Å². The van der Waals surface area contributed by atoms with Crippen LogP contribution in [0.5, 0.6) is 0 Å². The summed E-state index contributed by atoms with van der Waals surface area (Å²) < 4.78 is 0. The number of nitrogens with one attached hydrogen (secondary N) is 1. The summed E-state index contributed by atoms with van der Waals surface area (Å²) in [6.07, 6.45) is 1.86. The van der Waals surface area contributed by atoms with Gasteiger partial charge in [-0.05, 0) is 31.5 Å². The minimum Gasteiger partial charge on any atom is -0.379 e. The van der Waals surface area contributed by atoms with E-state index in [2.05, 4.69) is 18.8 Å². The third-order valence-corrected chi connectivity index (χ3v) is 2.17. The molecule has 0 spiro atoms. The van der Waals surface area contributed by atoms with Crippen molar-refractivity contribution in [3.8, 4) is 0 Å². The lowest BCUT2D eigenvalue weighted by Gasteiger charge is -2.13. The average Bonchev–Trinajstić information content (AvgIpc) is 2.11. The molecular formula is C11H14ClN. The Balaban J connectivity index is 2.86. The molecule has 0 aliphatic carbocycles. The predicted octanol–water partition coefficient (Wildman–Crippen LogP) is 3.63. The molecule has 0 bridgehead atoms. The van der Waals surface area contributed by atoms with E-state index in [1.54, 1.807) is 0 Å². The first-order chi connectivity index (χ1) is 6.13. The van der Waals surface area contributed by atoms with E-state index in [0.29, 0.717) is 0 Å². The number of hydrogen-bond acceptors (Lipinski definition) is 1. The molecule has 0 saturated carbocycles. The summed E-state index contributed by atoms with van der Waals surface area (Å²) in [7, 11) is 0. The van der Waals surface area contributed by atoms with E-state index in [0.717, 1.165) is 10.7 Å². The molecule has 70 valence electrons. The van der Waals surface area contributed by atoms with Crippen molar-refractivity contribution in [2.45, 2.75) is 19.9 Å². The molecule has 1 unspecified atom stereocenters. The second-order valence-corrected chi connectivity index (χ2v) is 3.56. The Morgan fingerprint density at radius 2 is 2.23 bits per heavy atom. The average molecular weight is 196 g/mol. The molecule has 0 amide bonds. The minimum absolute atomic E-state index is 0.261. The molecule has 0 fully saturated rings. The van der Waals surface area contributed by atoms with Gasteiger partial charge < -0.3 is 5.32 Å². The SMILES string of the molecule is C=CC(C)Nc1cc(Cl)ccc1C. The molecule has 1 nitrogen and oxygen atoms in total. The predicted molar refractivity (Wildman–Crippen MR) is 59.5 cm³/mol. The quantitative estimate of drug-likeness (QED) is 0.727. The monoisotopic (exact) mass is 195 g/mol. The third kappa shape index (κ3) is 2.78. The molecule has 1 atom stereocenters. The number of aryl methyl sites for hydroxylation is 1. The molecular weight excluding hydrogens is 182 g/mol. The van der Waals surface area contributed by atoms with Crippen LogP contribution < -0.4 is 5.32 Å². The zero-order chi connectivity index (χ0) is 9.84. The summed E-state index contributed by atoms with van der Waals surface area (Å²) in [6, 6.07) is 6.08. The molecule has 0 heterocycles. The maximum atomic E-state index is 5.88. The van der Waals surface area contributed by atoms with Gasteiger partial charge in [0.15, 0.2) is 0 Å². The number of halogens is 1. The first kappa shape index (κ1) is 10.1. The van der Waals surface area contributed by atoms with Crippen LogP contribution in [0.1, 0.15) is 12.5 Å². The van der Waals surface area contributed by atoms with Crippen molar-refractivity contribution in [1.82, 2.24) is 0 Å². The summed E-state index contributed by atoms with van der Waals surface area (Å²) in [5, 5.41) is 4.05. The fourth-order valence-electron chi connectivity index (χ4n) is 1.05. The molecule has 0 aromatic heterocycles. The van der Waals surface area contributed by atoms with Crippen LogP contribution in [0.25, 0.3) is 0 Å². The molecule has 1 aromatic rings. The van der Waals surface area contributed by atoms with E-state index in [9.17, 15) is 0 Å². The Morgan fingerprint density at radius 3 is 2.85 bits per heavy atom. The number of hydrogen-bond donors (Lipinski definition) is 1. The van der Waals surface area contributed by atoms with Crippen molar-refractivity contribution in [1.29, 1.82) is 0 Å². The lowest BCUT2D eigenvalue weighted by molar-refractivity contribution is 0.998. The normalized spacial score (nSPS) is 12.2. The largest absolute Gasteiger partial charge is 0.379 e. The highest BCUT2D eigenvalue weighted by Gasteiger charge is 2.00. The van der Waals surface area contributed by atoms with Crippen molar-refractivity contribution in [2.24, 2.45) is 0 Å². The summed E-state index contributed by atoms with van der Waals surface area (Å²) in [4.78, 5) is 0. The highest BCUT2D eigenvalue weighted by molar-refractivity contribution is 6.30. The van der Waals surface area contributed by atoms with Gasteiger partial charge in [-0.2, -0.15) is 0 Å². The van der Waals surface area contributed by atoms with Gasteiger partial charge in [0.25, 0.3) is 0 Å². The van der Waals surface area contributed by atoms with Crippen LogP contribution in [0.15, 0.2) is 30.9 Å². The van der Waals surface area contributed by atoms with Crippen molar-refractivity contribution < 1.29 is 0 Å². The lowest BCUT2D eigenvalue weighted by atomic mass is 10.2. The second kappa shape index (κ2) is 4.33. The van der Waals surface area contributed by atoms with Crippen LogP contribution in [0, 0.1) is 6.92 Å². The Bertz CT molecular complexity index is 307. The van der Waals surface area contributed by atoms with Gasteiger partial charge in [-0.1, -0.05) is 23.7 Å². The van der Waals surface area contributed by atoms with Gasteiger partial charge in [-0.15, -0.1) is 6.58 Å². The molecule has 1 aromatic carbocycles. The molecule has 1 rings (SSSR count). The smallest absolute Gasteiger partial charge is 0.0426 e. The molecule has 13 heavy (non-hydrogen) atoms. The van der Waals surface area contributed by atoms with Gasteiger partial charge in [0.05, 0.1) is 0 Å². The third-order valence-electron chi connectivity index (χ3n) is 1.94. The highest BCUT2D eigenvalue weighted by atomic mass is 35.5. The molecule has 0 aliphatic heterocycles. The van der Waals surface area contributed by atoms with E-state index >= 15 is 0 Å². The van der Waals surface area contributed by atoms with E-state index in [4.69, 9.17) is 11.6 Å². The summed E-state index contributed by atoms with van der Waals surface area (Å²) >= 11 is 5.88. The standard InChI is InChI=1S/C11H14ClN/c1-4-9(3)13-11-7-10(12)6-5-8(11)2/h4-7,9,13H,1H2,2-3H3. The second-order valence-electron chi connectivity index (χ2n) is 3.13. The van der Waals surface area contributed by atoms with Crippen LogP contribution in [-0.4, -0.2) is 6.04 Å². The molecule has 2 heteroatoms. The van der Waals surface area contributed by atoms with E-state index in [1.807, 2.05) is 31.2 Å².